The molecule has 2 aromatic carbocycles. The number of rotatable bonds is 9. The molecule has 2 aromatic rings. The van der Waals surface area contributed by atoms with Crippen molar-refractivity contribution in [2.45, 2.75) is 58.8 Å². The first-order chi connectivity index (χ1) is 14.1. The van der Waals surface area contributed by atoms with E-state index in [-0.39, 0.29) is 24.2 Å². The summed E-state index contributed by atoms with van der Waals surface area (Å²) >= 11 is 0. The van der Waals surface area contributed by atoms with Crippen molar-refractivity contribution < 1.29 is 9.59 Å². The summed E-state index contributed by atoms with van der Waals surface area (Å²) in [6, 6.07) is 16.2. The first-order valence-corrected chi connectivity index (χ1v) is 10.9. The third-order valence-corrected chi connectivity index (χ3v) is 5.60. The van der Waals surface area contributed by atoms with E-state index in [0.717, 1.165) is 24.2 Å². The van der Waals surface area contributed by atoms with E-state index in [4.69, 9.17) is 0 Å². The fourth-order valence-electron chi connectivity index (χ4n) is 3.74. The van der Waals surface area contributed by atoms with Gasteiger partial charge in [-0.25, -0.2) is 0 Å². The Morgan fingerprint density at radius 1 is 0.931 bits per heavy atom. The first-order valence-electron chi connectivity index (χ1n) is 10.9. The molecule has 29 heavy (non-hydrogen) atoms. The third-order valence-electron chi connectivity index (χ3n) is 5.60. The molecule has 4 heteroatoms. The standard InChI is InChI=1S/C25H32N2O2/c1-3-5-7-19-9-13-22(14-10-19)26-25(29)21-17-24(28)27(18-21)23-15-11-20(12-16-23)8-6-4-2/h9-16,21H,3-8,17-18H2,1-2H3,(H,26,29)/t21-/m1/s1. The van der Waals surface area contributed by atoms with Crippen molar-refractivity contribution in [1.82, 2.24) is 0 Å². The Morgan fingerprint density at radius 3 is 2.03 bits per heavy atom. The van der Waals surface area contributed by atoms with Gasteiger partial charge in [0, 0.05) is 24.3 Å². The van der Waals surface area contributed by atoms with Crippen LogP contribution in [0.15, 0.2) is 48.5 Å². The fraction of sp³-hybridized carbons (Fsp3) is 0.440. The van der Waals surface area contributed by atoms with Crippen LogP contribution in [0.5, 0.6) is 0 Å². The number of hydrogen-bond donors (Lipinski definition) is 1. The zero-order valence-corrected chi connectivity index (χ0v) is 17.6. The van der Waals surface area contributed by atoms with Crippen LogP contribution in [0.1, 0.15) is 57.1 Å². The number of benzene rings is 2. The summed E-state index contributed by atoms with van der Waals surface area (Å²) in [4.78, 5) is 26.9. The molecule has 1 aliphatic rings. The molecule has 0 spiro atoms. The maximum Gasteiger partial charge on any atom is 0.229 e. The van der Waals surface area contributed by atoms with Crippen LogP contribution in [0, 0.1) is 5.92 Å². The monoisotopic (exact) mass is 392 g/mol. The second-order valence-electron chi connectivity index (χ2n) is 7.97. The van der Waals surface area contributed by atoms with E-state index in [1.165, 1.54) is 36.8 Å². The molecule has 0 bridgehead atoms. The van der Waals surface area contributed by atoms with E-state index in [1.807, 2.05) is 24.3 Å². The Bertz CT molecular complexity index is 812. The predicted molar refractivity (Wildman–Crippen MR) is 119 cm³/mol. The van der Waals surface area contributed by atoms with Gasteiger partial charge in [-0.2, -0.15) is 0 Å². The summed E-state index contributed by atoms with van der Waals surface area (Å²) in [5.74, 6) is -0.384. The molecule has 0 aromatic heterocycles. The second-order valence-corrected chi connectivity index (χ2v) is 7.97. The van der Waals surface area contributed by atoms with E-state index < -0.39 is 0 Å². The average Bonchev–Trinajstić information content (AvgIpc) is 3.14. The van der Waals surface area contributed by atoms with Crippen LogP contribution in [0.4, 0.5) is 11.4 Å². The lowest BCUT2D eigenvalue weighted by atomic mass is 10.1. The van der Waals surface area contributed by atoms with E-state index in [1.54, 1.807) is 4.90 Å². The lowest BCUT2D eigenvalue weighted by Crippen LogP contribution is -2.28. The maximum absolute atomic E-state index is 12.7. The largest absolute Gasteiger partial charge is 0.326 e. The topological polar surface area (TPSA) is 49.4 Å². The summed E-state index contributed by atoms with van der Waals surface area (Å²) in [7, 11) is 0. The van der Waals surface area contributed by atoms with Gasteiger partial charge >= 0.3 is 0 Å². The number of aryl methyl sites for hydroxylation is 2. The SMILES string of the molecule is CCCCc1ccc(NC(=O)[C@@H]2CC(=O)N(c3ccc(CCCC)cc3)C2)cc1. The van der Waals surface area contributed by atoms with Gasteiger partial charge in [0.15, 0.2) is 0 Å². The Balaban J connectivity index is 1.57. The molecule has 2 amide bonds. The Morgan fingerprint density at radius 2 is 1.48 bits per heavy atom. The van der Waals surface area contributed by atoms with Crippen LogP contribution in [0.25, 0.3) is 0 Å². The van der Waals surface area contributed by atoms with E-state index in [9.17, 15) is 9.59 Å². The minimum Gasteiger partial charge on any atom is -0.326 e. The first kappa shape index (κ1) is 21.1. The molecule has 1 aliphatic heterocycles. The van der Waals surface area contributed by atoms with Crippen molar-refractivity contribution in [2.24, 2.45) is 5.92 Å². The molecule has 1 N–H and O–H groups in total. The van der Waals surface area contributed by atoms with Crippen LogP contribution in [0.2, 0.25) is 0 Å². The van der Waals surface area contributed by atoms with Gasteiger partial charge in [-0.05, 0) is 61.1 Å². The van der Waals surface area contributed by atoms with Gasteiger partial charge < -0.3 is 10.2 Å². The minimum absolute atomic E-state index is 0.0152. The smallest absolute Gasteiger partial charge is 0.229 e. The molecule has 4 nitrogen and oxygen atoms in total. The number of carbonyl (C=O) groups is 2. The molecule has 0 aliphatic carbocycles. The fourth-order valence-corrected chi connectivity index (χ4v) is 3.74. The molecule has 1 atom stereocenters. The van der Waals surface area contributed by atoms with Crippen molar-refractivity contribution >= 4 is 23.2 Å². The van der Waals surface area contributed by atoms with E-state index in [0.29, 0.717) is 6.54 Å². The van der Waals surface area contributed by atoms with Gasteiger partial charge in [0.05, 0.1) is 5.92 Å². The lowest BCUT2D eigenvalue weighted by molar-refractivity contribution is -0.122. The minimum atomic E-state index is -0.318. The second kappa shape index (κ2) is 10.2. The Kier molecular flexibility index (Phi) is 7.45. The zero-order valence-electron chi connectivity index (χ0n) is 17.6. The summed E-state index contributed by atoms with van der Waals surface area (Å²) < 4.78 is 0. The molecular formula is C25H32N2O2. The van der Waals surface area contributed by atoms with Gasteiger partial charge in [-0.1, -0.05) is 51.0 Å². The van der Waals surface area contributed by atoms with Crippen LogP contribution in [-0.4, -0.2) is 18.4 Å². The molecule has 0 saturated carbocycles. The number of nitrogens with one attached hydrogen (secondary N) is 1. The Hall–Kier alpha value is -2.62. The van der Waals surface area contributed by atoms with Crippen molar-refractivity contribution in [3.8, 4) is 0 Å². The van der Waals surface area contributed by atoms with Crippen molar-refractivity contribution in [3.05, 3.63) is 59.7 Å². The van der Waals surface area contributed by atoms with Gasteiger partial charge in [0.2, 0.25) is 11.8 Å². The quantitative estimate of drug-likeness (QED) is 0.624. The molecule has 154 valence electrons. The summed E-state index contributed by atoms with van der Waals surface area (Å²) in [6.45, 7) is 4.80. The molecule has 1 saturated heterocycles. The lowest BCUT2D eigenvalue weighted by Gasteiger charge is -2.17. The number of anilines is 2. The summed E-state index contributed by atoms with van der Waals surface area (Å²) in [5, 5.41) is 2.97. The molecule has 0 unspecified atom stereocenters. The van der Waals surface area contributed by atoms with Crippen molar-refractivity contribution in [3.63, 3.8) is 0 Å². The van der Waals surface area contributed by atoms with Crippen LogP contribution >= 0.6 is 0 Å². The Labute approximate surface area is 174 Å². The maximum atomic E-state index is 12.7. The third kappa shape index (κ3) is 5.69. The van der Waals surface area contributed by atoms with Crippen molar-refractivity contribution in [2.75, 3.05) is 16.8 Å². The summed E-state index contributed by atoms with van der Waals surface area (Å²) in [6.07, 6.45) is 7.07. The van der Waals surface area contributed by atoms with E-state index in [2.05, 4.69) is 43.4 Å². The molecule has 3 rings (SSSR count). The molecular weight excluding hydrogens is 360 g/mol. The summed E-state index contributed by atoms with van der Waals surface area (Å²) in [5.41, 5.74) is 4.25. The van der Waals surface area contributed by atoms with Gasteiger partial charge in [-0.15, -0.1) is 0 Å². The van der Waals surface area contributed by atoms with Crippen molar-refractivity contribution in [1.29, 1.82) is 0 Å². The number of carbonyl (C=O) groups excluding carboxylic acids is 2. The average molecular weight is 393 g/mol. The number of hydrogen-bond acceptors (Lipinski definition) is 2. The zero-order chi connectivity index (χ0) is 20.6. The number of nitrogens with zero attached hydrogens (tertiary/aromatic N) is 1. The predicted octanol–water partition coefficient (Wildman–Crippen LogP) is 5.36. The molecule has 1 heterocycles. The highest BCUT2D eigenvalue weighted by Crippen LogP contribution is 2.27. The van der Waals surface area contributed by atoms with Gasteiger partial charge in [-0.3, -0.25) is 9.59 Å². The van der Waals surface area contributed by atoms with Crippen LogP contribution < -0.4 is 10.2 Å². The van der Waals surface area contributed by atoms with Crippen LogP contribution in [-0.2, 0) is 22.4 Å². The molecule has 1 fully saturated rings. The normalized spacial score (nSPS) is 16.3. The van der Waals surface area contributed by atoms with Gasteiger partial charge in [0.1, 0.15) is 0 Å². The highest BCUT2D eigenvalue weighted by atomic mass is 16.2. The molecule has 0 radical (unpaired) electrons. The van der Waals surface area contributed by atoms with E-state index >= 15 is 0 Å². The highest BCUT2D eigenvalue weighted by molar-refractivity contribution is 6.03. The highest BCUT2D eigenvalue weighted by Gasteiger charge is 2.35. The van der Waals surface area contributed by atoms with Gasteiger partial charge in [0.25, 0.3) is 0 Å². The number of amides is 2. The number of unbranched alkanes of at least 4 members (excludes halogenated alkanes) is 2. The van der Waals surface area contributed by atoms with Crippen LogP contribution in [0.3, 0.4) is 0 Å².